The first kappa shape index (κ1) is 18.4. The molecule has 0 bridgehead atoms. The molecule has 2 aliphatic rings. The van der Waals surface area contributed by atoms with Gasteiger partial charge in [-0.3, -0.25) is 4.79 Å². The summed E-state index contributed by atoms with van der Waals surface area (Å²) in [5.74, 6) is 0.542. The van der Waals surface area contributed by atoms with Gasteiger partial charge in [-0.05, 0) is 50.7 Å². The van der Waals surface area contributed by atoms with Crippen LogP contribution in [0.4, 0.5) is 0 Å². The maximum absolute atomic E-state index is 12.7. The molecule has 1 aliphatic carbocycles. The highest BCUT2D eigenvalue weighted by Gasteiger charge is 2.35. The van der Waals surface area contributed by atoms with Crippen molar-refractivity contribution in [3.8, 4) is 0 Å². The smallest absolute Gasteiger partial charge is 0.223 e. The lowest BCUT2D eigenvalue weighted by Gasteiger charge is -2.34. The summed E-state index contributed by atoms with van der Waals surface area (Å²) in [4.78, 5) is 15.0. The van der Waals surface area contributed by atoms with Gasteiger partial charge >= 0.3 is 0 Å². The van der Waals surface area contributed by atoms with Crippen LogP contribution in [0.2, 0.25) is 0 Å². The normalized spacial score (nSPS) is 22.3. The number of likely N-dealkylation sites (tertiary alicyclic amines) is 1. The average Bonchev–Trinajstić information content (AvgIpc) is 3.11. The number of carbonyl (C=O) groups excluding carboxylic acids is 1. The third-order valence-electron chi connectivity index (χ3n) is 5.78. The van der Waals surface area contributed by atoms with E-state index in [0.29, 0.717) is 16.9 Å². The van der Waals surface area contributed by atoms with Crippen molar-refractivity contribution in [3.05, 3.63) is 29.8 Å². The van der Waals surface area contributed by atoms with Gasteiger partial charge in [0.05, 0.1) is 10.6 Å². The van der Waals surface area contributed by atoms with E-state index in [2.05, 4.69) is 0 Å². The van der Waals surface area contributed by atoms with Gasteiger partial charge in [-0.2, -0.15) is 0 Å². The Morgan fingerprint density at radius 2 is 1.72 bits per heavy atom. The molecule has 1 aliphatic heterocycles. The Labute approximate surface area is 151 Å². The zero-order valence-electron chi connectivity index (χ0n) is 15.1. The minimum Gasteiger partial charge on any atom is -0.339 e. The molecule has 1 aromatic rings. The fourth-order valence-electron chi connectivity index (χ4n) is 4.34. The largest absolute Gasteiger partial charge is 0.339 e. The predicted octanol–water partition coefficient (Wildman–Crippen LogP) is 3.73. The van der Waals surface area contributed by atoms with Crippen molar-refractivity contribution in [2.24, 2.45) is 5.92 Å². The van der Waals surface area contributed by atoms with E-state index in [-0.39, 0.29) is 18.1 Å². The highest BCUT2D eigenvalue weighted by molar-refractivity contribution is 7.91. The molecule has 25 heavy (non-hydrogen) atoms. The van der Waals surface area contributed by atoms with E-state index >= 15 is 0 Å². The minimum atomic E-state index is -3.39. The van der Waals surface area contributed by atoms with E-state index in [0.717, 1.165) is 24.9 Å². The number of hydrogen-bond acceptors (Lipinski definition) is 3. The summed E-state index contributed by atoms with van der Waals surface area (Å²) in [5, 5.41) is 0. The summed E-state index contributed by atoms with van der Waals surface area (Å²) >= 11 is 0. The molecular formula is C20H29NO3S. The lowest BCUT2D eigenvalue weighted by Crippen LogP contribution is -2.41. The Morgan fingerprint density at radius 1 is 1.04 bits per heavy atom. The van der Waals surface area contributed by atoms with Crippen molar-refractivity contribution in [1.29, 1.82) is 0 Å². The van der Waals surface area contributed by atoms with Gasteiger partial charge in [0.15, 0.2) is 9.84 Å². The van der Waals surface area contributed by atoms with Crippen molar-refractivity contribution >= 4 is 15.7 Å². The molecule has 0 N–H and O–H groups in total. The Hall–Kier alpha value is -1.36. The van der Waals surface area contributed by atoms with Crippen LogP contribution in [0.25, 0.3) is 0 Å². The third kappa shape index (κ3) is 4.43. The number of amides is 1. The summed E-state index contributed by atoms with van der Waals surface area (Å²) in [6.07, 6.45) is 8.52. The summed E-state index contributed by atoms with van der Waals surface area (Å²) in [6, 6.07) is 7.21. The number of nitrogens with zero attached hydrogens (tertiary/aromatic N) is 1. The van der Waals surface area contributed by atoms with Crippen molar-refractivity contribution < 1.29 is 13.2 Å². The second-order valence-corrected chi connectivity index (χ2v) is 9.69. The molecule has 2 fully saturated rings. The van der Waals surface area contributed by atoms with Crippen molar-refractivity contribution in [1.82, 2.24) is 4.90 Å². The average molecular weight is 364 g/mol. The van der Waals surface area contributed by atoms with Crippen molar-refractivity contribution in [2.75, 3.05) is 12.3 Å². The van der Waals surface area contributed by atoms with Crippen LogP contribution in [-0.4, -0.2) is 37.6 Å². The number of sulfone groups is 1. The van der Waals surface area contributed by atoms with Crippen LogP contribution in [0.15, 0.2) is 29.2 Å². The molecule has 1 unspecified atom stereocenters. The highest BCUT2D eigenvalue weighted by Crippen LogP contribution is 2.34. The quantitative estimate of drug-likeness (QED) is 0.801. The first-order chi connectivity index (χ1) is 12.0. The predicted molar refractivity (Wildman–Crippen MR) is 99.2 cm³/mol. The molecule has 1 heterocycles. The van der Waals surface area contributed by atoms with Gasteiger partial charge in [0.1, 0.15) is 0 Å². The lowest BCUT2D eigenvalue weighted by molar-refractivity contribution is -0.132. The maximum atomic E-state index is 12.7. The van der Waals surface area contributed by atoms with Gasteiger partial charge in [0, 0.05) is 19.0 Å². The van der Waals surface area contributed by atoms with Gasteiger partial charge in [-0.15, -0.1) is 0 Å². The number of aryl methyl sites for hydroxylation is 1. The van der Waals surface area contributed by atoms with Gasteiger partial charge in [0.25, 0.3) is 0 Å². The molecule has 1 saturated carbocycles. The molecule has 0 aromatic heterocycles. The lowest BCUT2D eigenvalue weighted by atomic mass is 9.83. The van der Waals surface area contributed by atoms with Gasteiger partial charge in [0.2, 0.25) is 5.91 Å². The SMILES string of the molecule is Cc1ccc(S(=O)(=O)CCC(=O)N2CCCC2C2CCCCC2)cc1. The second kappa shape index (κ2) is 7.90. The zero-order valence-corrected chi connectivity index (χ0v) is 15.9. The van der Waals surface area contributed by atoms with Crippen LogP contribution in [0.1, 0.15) is 56.9 Å². The van der Waals surface area contributed by atoms with Crippen LogP contribution >= 0.6 is 0 Å². The number of rotatable bonds is 5. The van der Waals surface area contributed by atoms with Gasteiger partial charge in [-0.1, -0.05) is 37.0 Å². The topological polar surface area (TPSA) is 54.5 Å². The summed E-state index contributed by atoms with van der Waals surface area (Å²) < 4.78 is 25.0. The summed E-state index contributed by atoms with van der Waals surface area (Å²) in [6.45, 7) is 2.73. The van der Waals surface area contributed by atoms with E-state index in [9.17, 15) is 13.2 Å². The molecule has 5 heteroatoms. The van der Waals surface area contributed by atoms with Crippen LogP contribution in [0, 0.1) is 12.8 Å². The van der Waals surface area contributed by atoms with Crippen LogP contribution in [0.5, 0.6) is 0 Å². The Morgan fingerprint density at radius 3 is 2.40 bits per heavy atom. The molecule has 1 atom stereocenters. The third-order valence-corrected chi connectivity index (χ3v) is 7.51. The number of carbonyl (C=O) groups is 1. The molecule has 0 spiro atoms. The summed E-state index contributed by atoms with van der Waals surface area (Å²) in [5.41, 5.74) is 1.03. The van der Waals surface area contributed by atoms with Crippen molar-refractivity contribution in [2.45, 2.75) is 69.2 Å². The maximum Gasteiger partial charge on any atom is 0.223 e. The highest BCUT2D eigenvalue weighted by atomic mass is 32.2. The van der Waals surface area contributed by atoms with E-state index in [1.807, 2.05) is 11.8 Å². The fraction of sp³-hybridized carbons (Fsp3) is 0.650. The second-order valence-electron chi connectivity index (χ2n) is 7.58. The number of hydrogen-bond donors (Lipinski definition) is 0. The summed E-state index contributed by atoms with van der Waals surface area (Å²) in [7, 11) is -3.39. The van der Waals surface area contributed by atoms with Gasteiger partial charge < -0.3 is 4.90 Å². The molecule has 1 aromatic carbocycles. The van der Waals surface area contributed by atoms with Crippen molar-refractivity contribution in [3.63, 3.8) is 0 Å². The Kier molecular flexibility index (Phi) is 5.82. The standard InChI is InChI=1S/C20H29NO3S/c1-16-9-11-18(12-10-16)25(23,24)15-13-20(22)21-14-5-8-19(21)17-6-3-2-4-7-17/h9-12,17,19H,2-8,13-15H2,1H3. The van der Waals surface area contributed by atoms with Gasteiger partial charge in [-0.25, -0.2) is 8.42 Å². The molecule has 0 radical (unpaired) electrons. The van der Waals surface area contributed by atoms with E-state index < -0.39 is 9.84 Å². The Balaban J connectivity index is 1.60. The zero-order chi connectivity index (χ0) is 17.9. The van der Waals surface area contributed by atoms with E-state index in [4.69, 9.17) is 0 Å². The molecule has 138 valence electrons. The Bertz CT molecular complexity index is 690. The molecule has 4 nitrogen and oxygen atoms in total. The first-order valence-electron chi connectivity index (χ1n) is 9.56. The molecule has 3 rings (SSSR count). The van der Waals surface area contributed by atoms with E-state index in [1.54, 1.807) is 24.3 Å². The molecular weight excluding hydrogens is 334 g/mol. The molecule has 1 saturated heterocycles. The first-order valence-corrected chi connectivity index (χ1v) is 11.2. The fourth-order valence-corrected chi connectivity index (χ4v) is 5.57. The van der Waals surface area contributed by atoms with E-state index in [1.165, 1.54) is 32.1 Å². The minimum absolute atomic E-state index is 0.0174. The monoisotopic (exact) mass is 363 g/mol. The number of benzene rings is 1. The molecule has 1 amide bonds. The van der Waals surface area contributed by atoms with Crippen LogP contribution < -0.4 is 0 Å². The van der Waals surface area contributed by atoms with Crippen LogP contribution in [0.3, 0.4) is 0 Å². The van der Waals surface area contributed by atoms with Crippen LogP contribution in [-0.2, 0) is 14.6 Å².